The minimum atomic E-state index is -5.02. The van der Waals surface area contributed by atoms with E-state index in [0.29, 0.717) is 0 Å². The molecule has 0 heterocycles. The van der Waals surface area contributed by atoms with Crippen LogP contribution in [0.3, 0.4) is 0 Å². The molecule has 0 fully saturated rings. The molecule has 0 saturated heterocycles. The smallest absolute Gasteiger partial charge is 0.370 e. The first-order valence-electron chi connectivity index (χ1n) is 5.03. The summed E-state index contributed by atoms with van der Waals surface area (Å²) >= 11 is 0. The van der Waals surface area contributed by atoms with Crippen molar-refractivity contribution < 1.29 is 60.7 Å². The highest BCUT2D eigenvalue weighted by Crippen LogP contribution is 2.54. The van der Waals surface area contributed by atoms with Crippen molar-refractivity contribution in [3.8, 4) is 0 Å². The Morgan fingerprint density at radius 2 is 1.17 bits per heavy atom. The van der Waals surface area contributed by atoms with Crippen molar-refractivity contribution in [2.75, 3.05) is 27.1 Å². The molecular weight excluding hydrogens is 422 g/mol. The first kappa shape index (κ1) is 29.2. The second-order valence-electron chi connectivity index (χ2n) is 3.44. The highest BCUT2D eigenvalue weighted by Gasteiger charge is 2.21. The molecule has 24 heavy (non-hydrogen) atoms. The van der Waals surface area contributed by atoms with Crippen LogP contribution >= 0.6 is 30.6 Å². The van der Waals surface area contributed by atoms with Gasteiger partial charge in [0, 0.05) is 27.1 Å². The lowest BCUT2D eigenvalue weighted by atomic mass is 11.8. The van der Waals surface area contributed by atoms with E-state index in [1.165, 1.54) is 13.8 Å². The summed E-state index contributed by atoms with van der Waals surface area (Å²) in [7, 11) is -13.8. The fraction of sp³-hybridized carbons (Fsp3) is 1.00. The van der Waals surface area contributed by atoms with Crippen LogP contribution < -0.4 is 22.6 Å². The van der Waals surface area contributed by atoms with Gasteiger partial charge >= 0.3 is 22.8 Å². The second-order valence-corrected chi connectivity index (χ2v) is 10.8. The van der Waals surface area contributed by atoms with Crippen LogP contribution in [0.25, 0.3) is 0 Å². The third kappa shape index (κ3) is 22.4. The van der Waals surface area contributed by atoms with Gasteiger partial charge in [-0.25, -0.2) is 41.1 Å². The molecule has 150 valence electrons. The van der Waals surface area contributed by atoms with Crippen LogP contribution in [-0.2, 0) is 45.6 Å². The molecular formula is C4H20N3O13P4-. The van der Waals surface area contributed by atoms with Gasteiger partial charge in [0.15, 0.2) is 0 Å². The van der Waals surface area contributed by atoms with Gasteiger partial charge in [-0.1, -0.05) is 0 Å². The summed E-state index contributed by atoms with van der Waals surface area (Å²) in [6, 6.07) is 0. The van der Waals surface area contributed by atoms with Crippen molar-refractivity contribution in [3.05, 3.63) is 0 Å². The van der Waals surface area contributed by atoms with Crippen molar-refractivity contribution in [3.63, 3.8) is 0 Å². The van der Waals surface area contributed by atoms with Crippen molar-refractivity contribution >= 4 is 30.6 Å². The maximum absolute atomic E-state index is 10.5. The molecule has 0 radical (unpaired) electrons. The highest BCUT2D eigenvalue weighted by molar-refractivity contribution is 7.63. The van der Waals surface area contributed by atoms with E-state index in [4.69, 9.17) is 10.2 Å². The Bertz CT molecular complexity index is 479. The van der Waals surface area contributed by atoms with Gasteiger partial charge in [0.1, 0.15) is 0 Å². The lowest BCUT2D eigenvalue weighted by Crippen LogP contribution is -2.05. The molecule has 8 N–H and O–H groups in total. The SMILES string of the molecule is COP(C)(=O)ON.CP(=O)(ON)OO.CP(=O)(ON)OP(=O)([O-])O. The molecule has 0 aromatic carbocycles. The van der Waals surface area contributed by atoms with E-state index < -0.39 is 30.6 Å². The number of phosphoric acid groups is 1. The first-order chi connectivity index (χ1) is 10.5. The normalized spacial score (nSPS) is 20.6. The quantitative estimate of drug-likeness (QED) is 0.192. The molecule has 0 rings (SSSR count). The molecule has 0 aliphatic heterocycles. The summed E-state index contributed by atoms with van der Waals surface area (Å²) in [5, 5.41) is 7.63. The zero-order chi connectivity index (χ0) is 20.2. The van der Waals surface area contributed by atoms with Gasteiger partial charge in [0.05, 0.1) is 0 Å². The third-order valence-corrected chi connectivity index (χ3v) is 5.43. The molecule has 0 bridgehead atoms. The molecule has 0 aromatic rings. The summed E-state index contributed by atoms with van der Waals surface area (Å²) in [6.07, 6.45) is 0. The van der Waals surface area contributed by atoms with E-state index in [9.17, 15) is 23.2 Å². The van der Waals surface area contributed by atoms with Crippen molar-refractivity contribution in [1.29, 1.82) is 0 Å². The number of hydrogen-bond acceptors (Lipinski definition) is 15. The molecule has 16 nitrogen and oxygen atoms in total. The Kier molecular flexibility index (Phi) is 15.5. The van der Waals surface area contributed by atoms with E-state index in [-0.39, 0.29) is 0 Å². The molecule has 0 aliphatic carbocycles. The van der Waals surface area contributed by atoms with Crippen LogP contribution in [0.1, 0.15) is 0 Å². The summed E-state index contributed by atoms with van der Waals surface area (Å²) in [4.78, 5) is 17.8. The van der Waals surface area contributed by atoms with Crippen LogP contribution in [0.2, 0.25) is 0 Å². The van der Waals surface area contributed by atoms with Gasteiger partial charge in [0.2, 0.25) is 0 Å². The van der Waals surface area contributed by atoms with Crippen molar-refractivity contribution in [1.82, 2.24) is 0 Å². The van der Waals surface area contributed by atoms with Gasteiger partial charge in [0.25, 0.3) is 7.82 Å². The molecule has 0 amide bonds. The fourth-order valence-electron chi connectivity index (χ4n) is 0.269. The minimum Gasteiger partial charge on any atom is -0.756 e. The van der Waals surface area contributed by atoms with E-state index in [1.54, 1.807) is 0 Å². The largest absolute Gasteiger partial charge is 0.756 e. The predicted octanol–water partition coefficient (Wildman–Crippen LogP) is -0.288. The summed E-state index contributed by atoms with van der Waals surface area (Å²) < 4.78 is 63.2. The van der Waals surface area contributed by atoms with Gasteiger partial charge in [-0.15, -0.1) is 0 Å². The van der Waals surface area contributed by atoms with Crippen LogP contribution in [-0.4, -0.2) is 37.3 Å². The summed E-state index contributed by atoms with van der Waals surface area (Å²) in [5.74, 6) is 13.3. The van der Waals surface area contributed by atoms with Gasteiger partial charge in [-0.3, -0.25) is 18.3 Å². The third-order valence-electron chi connectivity index (χ3n) is 1.31. The molecule has 4 atom stereocenters. The number of hydrogen-bond donors (Lipinski definition) is 5. The minimum absolute atomic E-state index is 0.799. The maximum Gasteiger partial charge on any atom is 0.370 e. The van der Waals surface area contributed by atoms with Crippen LogP contribution in [0.15, 0.2) is 0 Å². The molecule has 0 spiro atoms. The predicted molar refractivity (Wildman–Crippen MR) is 78.0 cm³/mol. The molecule has 0 aromatic heterocycles. The topological polar surface area (TPSA) is 265 Å². The van der Waals surface area contributed by atoms with E-state index in [1.807, 2.05) is 0 Å². The summed E-state index contributed by atoms with van der Waals surface area (Å²) in [6.45, 7) is 3.12. The maximum atomic E-state index is 10.5. The van der Waals surface area contributed by atoms with E-state index in [0.717, 1.165) is 13.3 Å². The van der Waals surface area contributed by atoms with Crippen molar-refractivity contribution in [2.24, 2.45) is 17.7 Å². The monoisotopic (exact) mass is 442 g/mol. The van der Waals surface area contributed by atoms with Gasteiger partial charge < -0.3 is 14.3 Å². The average Bonchev–Trinajstić information content (AvgIpc) is 2.46. The highest BCUT2D eigenvalue weighted by atomic mass is 31.3. The average molecular weight is 442 g/mol. The zero-order valence-corrected chi connectivity index (χ0v) is 16.5. The Morgan fingerprint density at radius 1 is 0.833 bits per heavy atom. The van der Waals surface area contributed by atoms with Gasteiger partial charge in [-0.2, -0.15) is 4.67 Å². The summed E-state index contributed by atoms with van der Waals surface area (Å²) in [5.41, 5.74) is 0. The Morgan fingerprint density at radius 3 is 1.21 bits per heavy atom. The zero-order valence-electron chi connectivity index (χ0n) is 12.9. The number of rotatable bonds is 7. The number of nitrogens with two attached hydrogens (primary N) is 3. The van der Waals surface area contributed by atoms with Crippen molar-refractivity contribution in [2.45, 2.75) is 0 Å². The van der Waals surface area contributed by atoms with Crippen LogP contribution in [0.5, 0.6) is 0 Å². The first-order valence-corrected chi connectivity index (χ1v) is 12.5. The Labute approximate surface area is 137 Å². The Hall–Kier alpha value is 0.440. The van der Waals surface area contributed by atoms with Crippen LogP contribution in [0.4, 0.5) is 0 Å². The lowest BCUT2D eigenvalue weighted by Gasteiger charge is -2.18. The molecule has 4 unspecified atom stereocenters. The molecule has 0 aliphatic rings. The van der Waals surface area contributed by atoms with Gasteiger partial charge in [-0.05, 0) is 0 Å². The van der Waals surface area contributed by atoms with Crippen LogP contribution in [0, 0.1) is 0 Å². The Balaban J connectivity index is -0.000000283. The standard InChI is InChI=1S/C2H8NO3P.CH7NO6P2.CH6NO4P/c1-5-7(2,4)6-3;1-9(3,7-2)8-10(4,5)6;1-7(4,5-2)6-3/h3H2,1-2H3;2H2,1H3,(H2,4,5,6);3H,2H2,1H3/p-1. The van der Waals surface area contributed by atoms with E-state index in [2.05, 4.69) is 45.1 Å². The second kappa shape index (κ2) is 12.7. The molecule has 20 heteroatoms. The fourth-order valence-corrected chi connectivity index (χ4v) is 2.05. The van der Waals surface area contributed by atoms with E-state index >= 15 is 0 Å². The molecule has 0 saturated carbocycles. The lowest BCUT2D eigenvalue weighted by molar-refractivity contribution is -0.211.